The van der Waals surface area contributed by atoms with Crippen LogP contribution in [0.5, 0.6) is 0 Å². The molecule has 1 unspecified atom stereocenters. The van der Waals surface area contributed by atoms with E-state index in [4.69, 9.17) is 0 Å². The van der Waals surface area contributed by atoms with E-state index in [1.807, 2.05) is 6.20 Å². The van der Waals surface area contributed by atoms with Crippen molar-refractivity contribution >= 4 is 5.69 Å². The van der Waals surface area contributed by atoms with Gasteiger partial charge in [0.15, 0.2) is 0 Å². The van der Waals surface area contributed by atoms with Crippen LogP contribution in [0.4, 0.5) is 5.69 Å². The third kappa shape index (κ3) is 4.30. The Kier molecular flexibility index (Phi) is 5.34. The van der Waals surface area contributed by atoms with Crippen molar-refractivity contribution < 1.29 is 0 Å². The van der Waals surface area contributed by atoms with Crippen LogP contribution in [-0.4, -0.2) is 18.6 Å². The number of benzene rings is 1. The van der Waals surface area contributed by atoms with E-state index < -0.39 is 0 Å². The van der Waals surface area contributed by atoms with Crippen LogP contribution >= 0.6 is 0 Å². The van der Waals surface area contributed by atoms with Crippen LogP contribution in [-0.2, 0) is 6.54 Å². The number of nitrogens with one attached hydrogen (secondary N) is 1. The molecule has 1 N–H and O–H groups in total. The van der Waals surface area contributed by atoms with Gasteiger partial charge >= 0.3 is 0 Å². The van der Waals surface area contributed by atoms with Crippen LogP contribution < -0.4 is 10.2 Å². The van der Waals surface area contributed by atoms with Crippen molar-refractivity contribution in [3.8, 4) is 0 Å². The monoisotopic (exact) mass is 283 g/mol. The summed E-state index contributed by atoms with van der Waals surface area (Å²) in [5, 5.41) is 3.38. The van der Waals surface area contributed by atoms with Crippen LogP contribution in [0, 0.1) is 6.92 Å². The lowest BCUT2D eigenvalue weighted by Crippen LogP contribution is -2.20. The minimum atomic E-state index is 0.298. The standard InChI is InChI=1S/C18H25N3/c1-5-19-15(3)18-11-10-17(12-20-18)21(4)13-16-8-6-14(2)7-9-16/h6-12,15,19H,5,13H2,1-4H3. The third-order valence-electron chi connectivity index (χ3n) is 3.71. The zero-order valence-electron chi connectivity index (χ0n) is 13.4. The second kappa shape index (κ2) is 7.23. The fourth-order valence-electron chi connectivity index (χ4n) is 2.35. The molecule has 0 saturated heterocycles. The maximum atomic E-state index is 4.57. The smallest absolute Gasteiger partial charge is 0.0572 e. The Hall–Kier alpha value is -1.87. The summed E-state index contributed by atoms with van der Waals surface area (Å²) in [7, 11) is 2.10. The fourth-order valence-corrected chi connectivity index (χ4v) is 2.35. The average molecular weight is 283 g/mol. The highest BCUT2D eigenvalue weighted by Gasteiger charge is 2.07. The Morgan fingerprint density at radius 2 is 1.86 bits per heavy atom. The van der Waals surface area contributed by atoms with Crippen molar-refractivity contribution in [2.75, 3.05) is 18.5 Å². The lowest BCUT2D eigenvalue weighted by molar-refractivity contribution is 0.583. The Morgan fingerprint density at radius 1 is 1.14 bits per heavy atom. The molecular formula is C18H25N3. The maximum absolute atomic E-state index is 4.57. The number of aromatic nitrogens is 1. The number of rotatable bonds is 6. The Morgan fingerprint density at radius 3 is 2.43 bits per heavy atom. The van der Waals surface area contributed by atoms with Gasteiger partial charge in [0.2, 0.25) is 0 Å². The van der Waals surface area contributed by atoms with Gasteiger partial charge in [-0.05, 0) is 38.1 Å². The Balaban J connectivity index is 2.02. The molecular weight excluding hydrogens is 258 g/mol. The van der Waals surface area contributed by atoms with E-state index in [1.54, 1.807) is 0 Å². The molecule has 0 spiro atoms. The fraction of sp³-hybridized carbons (Fsp3) is 0.389. The molecule has 2 aromatic rings. The highest BCUT2D eigenvalue weighted by molar-refractivity contribution is 5.44. The molecule has 0 amide bonds. The summed E-state index contributed by atoms with van der Waals surface area (Å²) < 4.78 is 0. The molecule has 3 nitrogen and oxygen atoms in total. The van der Waals surface area contributed by atoms with Gasteiger partial charge in [0.05, 0.1) is 17.6 Å². The van der Waals surface area contributed by atoms with Crippen molar-refractivity contribution in [2.45, 2.75) is 33.4 Å². The Bertz CT molecular complexity index is 546. The van der Waals surface area contributed by atoms with E-state index in [1.165, 1.54) is 11.1 Å². The summed E-state index contributed by atoms with van der Waals surface area (Å²) in [5.74, 6) is 0. The average Bonchev–Trinajstić information content (AvgIpc) is 2.50. The van der Waals surface area contributed by atoms with Crippen LogP contribution in [0.25, 0.3) is 0 Å². The molecule has 0 aliphatic heterocycles. The molecule has 0 fully saturated rings. The van der Waals surface area contributed by atoms with Gasteiger partial charge in [-0.3, -0.25) is 4.98 Å². The summed E-state index contributed by atoms with van der Waals surface area (Å²) >= 11 is 0. The van der Waals surface area contributed by atoms with E-state index in [9.17, 15) is 0 Å². The number of nitrogens with zero attached hydrogens (tertiary/aromatic N) is 2. The molecule has 0 bridgehead atoms. The van der Waals surface area contributed by atoms with Gasteiger partial charge in [0.1, 0.15) is 0 Å². The first-order valence-electron chi connectivity index (χ1n) is 7.56. The molecule has 0 saturated carbocycles. The van der Waals surface area contributed by atoms with Crippen LogP contribution in [0.1, 0.15) is 36.7 Å². The van der Waals surface area contributed by atoms with Crippen molar-refractivity contribution in [3.63, 3.8) is 0 Å². The first-order chi connectivity index (χ1) is 10.1. The lowest BCUT2D eigenvalue weighted by Gasteiger charge is -2.20. The predicted octanol–water partition coefficient (Wildman–Crippen LogP) is 3.70. The minimum absolute atomic E-state index is 0.298. The van der Waals surface area contributed by atoms with Crippen molar-refractivity contribution in [3.05, 3.63) is 59.4 Å². The molecule has 0 aliphatic rings. The van der Waals surface area contributed by atoms with E-state index in [-0.39, 0.29) is 0 Å². The zero-order chi connectivity index (χ0) is 15.2. The quantitative estimate of drug-likeness (QED) is 0.876. The van der Waals surface area contributed by atoms with Crippen LogP contribution in [0.15, 0.2) is 42.6 Å². The topological polar surface area (TPSA) is 28.2 Å². The molecule has 0 radical (unpaired) electrons. The van der Waals surface area contributed by atoms with Gasteiger partial charge in [-0.2, -0.15) is 0 Å². The number of aryl methyl sites for hydroxylation is 1. The highest BCUT2D eigenvalue weighted by Crippen LogP contribution is 2.17. The van der Waals surface area contributed by atoms with Gasteiger partial charge in [-0.15, -0.1) is 0 Å². The van der Waals surface area contributed by atoms with Crippen molar-refractivity contribution in [1.29, 1.82) is 0 Å². The third-order valence-corrected chi connectivity index (χ3v) is 3.71. The number of anilines is 1. The molecule has 3 heteroatoms. The molecule has 112 valence electrons. The second-order valence-electron chi connectivity index (χ2n) is 5.56. The molecule has 1 heterocycles. The summed E-state index contributed by atoms with van der Waals surface area (Å²) in [6.45, 7) is 8.21. The molecule has 21 heavy (non-hydrogen) atoms. The lowest BCUT2D eigenvalue weighted by atomic mass is 10.1. The SMILES string of the molecule is CCNC(C)c1ccc(N(C)Cc2ccc(C)cc2)cn1. The first kappa shape index (κ1) is 15.5. The number of hydrogen-bond donors (Lipinski definition) is 1. The normalized spacial score (nSPS) is 12.2. The summed E-state index contributed by atoms with van der Waals surface area (Å²) in [4.78, 5) is 6.79. The van der Waals surface area contributed by atoms with Crippen molar-refractivity contribution in [2.24, 2.45) is 0 Å². The highest BCUT2D eigenvalue weighted by atomic mass is 15.1. The minimum Gasteiger partial charge on any atom is -0.369 e. The molecule has 2 rings (SSSR count). The van der Waals surface area contributed by atoms with E-state index >= 15 is 0 Å². The number of pyridine rings is 1. The van der Waals surface area contributed by atoms with E-state index in [0.717, 1.165) is 24.5 Å². The molecule has 1 aromatic heterocycles. The molecule has 0 aliphatic carbocycles. The molecule has 1 atom stereocenters. The summed E-state index contributed by atoms with van der Waals surface area (Å²) in [6, 6.07) is 13.2. The Labute approximate surface area is 128 Å². The summed E-state index contributed by atoms with van der Waals surface area (Å²) in [6.07, 6.45) is 1.96. The number of hydrogen-bond acceptors (Lipinski definition) is 3. The van der Waals surface area contributed by atoms with Gasteiger partial charge < -0.3 is 10.2 Å². The van der Waals surface area contributed by atoms with Crippen LogP contribution in [0.3, 0.4) is 0 Å². The molecule has 1 aromatic carbocycles. The van der Waals surface area contributed by atoms with Gasteiger partial charge in [0, 0.05) is 19.6 Å². The van der Waals surface area contributed by atoms with E-state index in [0.29, 0.717) is 6.04 Å². The van der Waals surface area contributed by atoms with Crippen molar-refractivity contribution in [1.82, 2.24) is 10.3 Å². The van der Waals surface area contributed by atoms with Crippen LogP contribution in [0.2, 0.25) is 0 Å². The zero-order valence-corrected chi connectivity index (χ0v) is 13.4. The largest absolute Gasteiger partial charge is 0.369 e. The van der Waals surface area contributed by atoms with E-state index in [2.05, 4.69) is 79.4 Å². The predicted molar refractivity (Wildman–Crippen MR) is 89.6 cm³/mol. The first-order valence-corrected chi connectivity index (χ1v) is 7.56. The maximum Gasteiger partial charge on any atom is 0.0572 e. The van der Waals surface area contributed by atoms with Gasteiger partial charge in [-0.25, -0.2) is 0 Å². The van der Waals surface area contributed by atoms with Gasteiger partial charge in [0.25, 0.3) is 0 Å². The van der Waals surface area contributed by atoms with Gasteiger partial charge in [-0.1, -0.05) is 36.8 Å². The second-order valence-corrected chi connectivity index (χ2v) is 5.56. The summed E-state index contributed by atoms with van der Waals surface area (Å²) in [5.41, 5.74) is 4.84.